The fourth-order valence-electron chi connectivity index (χ4n) is 4.79. The van der Waals surface area contributed by atoms with Gasteiger partial charge in [-0.05, 0) is 44.0 Å². The number of aliphatic imine (C=N–C) groups is 1. The number of nitrogens with one attached hydrogen (secondary N) is 1. The Morgan fingerprint density at radius 3 is 2.58 bits per heavy atom. The van der Waals surface area contributed by atoms with E-state index in [1.54, 1.807) is 12.1 Å². The zero-order valence-electron chi connectivity index (χ0n) is 18.5. The van der Waals surface area contributed by atoms with Crippen molar-refractivity contribution < 1.29 is 13.9 Å². The van der Waals surface area contributed by atoms with Gasteiger partial charge in [-0.3, -0.25) is 9.79 Å². The maximum atomic E-state index is 13.1. The summed E-state index contributed by atoms with van der Waals surface area (Å²) in [6.07, 6.45) is 2.70. The number of benzene rings is 1. The highest BCUT2D eigenvalue weighted by Gasteiger charge is 2.42. The molecule has 7 nitrogen and oxygen atoms in total. The molecule has 1 unspecified atom stereocenters. The Morgan fingerprint density at radius 2 is 1.90 bits per heavy atom. The monoisotopic (exact) mass is 431 g/mol. The van der Waals surface area contributed by atoms with Crippen LogP contribution in [0.15, 0.2) is 29.3 Å². The van der Waals surface area contributed by atoms with Gasteiger partial charge in [0.25, 0.3) is 0 Å². The average Bonchev–Trinajstić information content (AvgIpc) is 3.43. The minimum atomic E-state index is -0.226. The third kappa shape index (κ3) is 5.29. The van der Waals surface area contributed by atoms with E-state index in [1.807, 2.05) is 4.90 Å². The van der Waals surface area contributed by atoms with Crippen LogP contribution in [0.5, 0.6) is 0 Å². The number of amides is 1. The minimum Gasteiger partial charge on any atom is -0.381 e. The molecule has 1 N–H and O–H groups in total. The zero-order chi connectivity index (χ0) is 21.7. The quantitative estimate of drug-likeness (QED) is 0.570. The van der Waals surface area contributed by atoms with Crippen molar-refractivity contribution in [3.63, 3.8) is 0 Å². The molecule has 170 valence electrons. The molecule has 3 aliphatic heterocycles. The van der Waals surface area contributed by atoms with Gasteiger partial charge >= 0.3 is 0 Å². The van der Waals surface area contributed by atoms with E-state index in [9.17, 15) is 9.18 Å². The molecule has 3 saturated heterocycles. The van der Waals surface area contributed by atoms with E-state index < -0.39 is 0 Å². The number of carbonyl (C=O) groups is 1. The van der Waals surface area contributed by atoms with Crippen LogP contribution < -0.4 is 10.2 Å². The van der Waals surface area contributed by atoms with Gasteiger partial charge < -0.3 is 24.8 Å². The van der Waals surface area contributed by atoms with E-state index in [0.717, 1.165) is 70.4 Å². The fourth-order valence-corrected chi connectivity index (χ4v) is 4.79. The molecule has 3 aliphatic rings. The van der Waals surface area contributed by atoms with Crippen LogP contribution in [0.3, 0.4) is 0 Å². The predicted molar refractivity (Wildman–Crippen MR) is 120 cm³/mol. The first-order valence-electron chi connectivity index (χ1n) is 11.5. The topological polar surface area (TPSA) is 60.4 Å². The van der Waals surface area contributed by atoms with Crippen LogP contribution in [0.4, 0.5) is 10.1 Å². The van der Waals surface area contributed by atoms with Crippen molar-refractivity contribution in [2.24, 2.45) is 10.4 Å². The molecule has 3 fully saturated rings. The Labute approximate surface area is 184 Å². The van der Waals surface area contributed by atoms with Crippen LogP contribution in [0.2, 0.25) is 0 Å². The lowest BCUT2D eigenvalue weighted by Crippen LogP contribution is -2.49. The highest BCUT2D eigenvalue weighted by Crippen LogP contribution is 2.38. The minimum absolute atomic E-state index is 0.153. The van der Waals surface area contributed by atoms with Gasteiger partial charge in [0.05, 0.1) is 13.2 Å². The molecular formula is C23H34FN5O2. The molecular weight excluding hydrogens is 397 g/mol. The van der Waals surface area contributed by atoms with Gasteiger partial charge in [-0.2, -0.15) is 0 Å². The van der Waals surface area contributed by atoms with Crippen LogP contribution >= 0.6 is 0 Å². The third-order valence-electron chi connectivity index (χ3n) is 6.67. The molecule has 4 rings (SSSR count). The maximum absolute atomic E-state index is 13.1. The Morgan fingerprint density at radius 1 is 1.13 bits per heavy atom. The van der Waals surface area contributed by atoms with Gasteiger partial charge in [0.2, 0.25) is 5.91 Å². The van der Waals surface area contributed by atoms with Crippen molar-refractivity contribution in [1.29, 1.82) is 0 Å². The second kappa shape index (κ2) is 9.85. The number of nitrogens with zero attached hydrogens (tertiary/aromatic N) is 4. The summed E-state index contributed by atoms with van der Waals surface area (Å²) in [4.78, 5) is 23.9. The maximum Gasteiger partial charge on any atom is 0.224 e. The molecule has 0 saturated carbocycles. The SMILES string of the molecule is CCNC(=NCCC(=O)N1CCN(c2ccc(F)cc2)CC1)N1CCC2(CCOC2)C1. The van der Waals surface area contributed by atoms with Crippen molar-refractivity contribution in [2.75, 3.05) is 70.5 Å². The van der Waals surface area contributed by atoms with E-state index in [2.05, 4.69) is 22.0 Å². The molecule has 0 bridgehead atoms. The highest BCUT2D eigenvalue weighted by atomic mass is 19.1. The molecule has 0 radical (unpaired) electrons. The van der Waals surface area contributed by atoms with Gasteiger partial charge in [0.1, 0.15) is 5.82 Å². The number of carbonyl (C=O) groups excluding carboxylic acids is 1. The van der Waals surface area contributed by atoms with Crippen molar-refractivity contribution in [1.82, 2.24) is 15.1 Å². The van der Waals surface area contributed by atoms with Gasteiger partial charge in [-0.15, -0.1) is 0 Å². The van der Waals surface area contributed by atoms with E-state index in [-0.39, 0.29) is 17.1 Å². The molecule has 0 aromatic heterocycles. The first-order valence-corrected chi connectivity index (χ1v) is 11.5. The van der Waals surface area contributed by atoms with Gasteiger partial charge in [0.15, 0.2) is 5.96 Å². The number of halogens is 1. The van der Waals surface area contributed by atoms with Crippen molar-refractivity contribution in [2.45, 2.75) is 26.2 Å². The summed E-state index contributed by atoms with van der Waals surface area (Å²) in [5.41, 5.74) is 1.29. The molecule has 1 amide bonds. The molecule has 0 aliphatic carbocycles. The average molecular weight is 432 g/mol. The van der Waals surface area contributed by atoms with Crippen LogP contribution in [0, 0.1) is 11.2 Å². The van der Waals surface area contributed by atoms with Crippen molar-refractivity contribution >= 4 is 17.6 Å². The number of likely N-dealkylation sites (tertiary alicyclic amines) is 1. The number of hydrogen-bond acceptors (Lipinski definition) is 4. The fraction of sp³-hybridized carbons (Fsp3) is 0.652. The first-order chi connectivity index (χ1) is 15.1. The smallest absolute Gasteiger partial charge is 0.224 e. The Kier molecular flexibility index (Phi) is 6.95. The molecule has 31 heavy (non-hydrogen) atoms. The lowest BCUT2D eigenvalue weighted by molar-refractivity contribution is -0.131. The Balaban J connectivity index is 1.25. The standard InChI is InChI=1S/C23H34FN5O2/c1-2-25-22(29-11-8-23(17-29)9-16-31-18-23)26-10-7-21(30)28-14-12-27(13-15-28)20-5-3-19(24)4-6-20/h3-6H,2,7-18H2,1H3,(H,25,26). The van der Waals surface area contributed by atoms with Gasteiger partial charge in [-0.25, -0.2) is 4.39 Å². The van der Waals surface area contributed by atoms with E-state index in [4.69, 9.17) is 9.73 Å². The molecule has 3 heterocycles. The van der Waals surface area contributed by atoms with Gasteiger partial charge in [0, 0.05) is 69.9 Å². The largest absolute Gasteiger partial charge is 0.381 e. The summed E-state index contributed by atoms with van der Waals surface area (Å²) in [5, 5.41) is 3.39. The summed E-state index contributed by atoms with van der Waals surface area (Å²) in [5.74, 6) is 0.844. The Bertz CT molecular complexity index is 771. The molecule has 1 atom stereocenters. The molecule has 1 aromatic rings. The van der Waals surface area contributed by atoms with Gasteiger partial charge in [-0.1, -0.05) is 0 Å². The Hall–Kier alpha value is -2.35. The number of guanidine groups is 1. The number of ether oxygens (including phenoxy) is 1. The second-order valence-electron chi connectivity index (χ2n) is 8.80. The van der Waals surface area contributed by atoms with Crippen molar-refractivity contribution in [3.8, 4) is 0 Å². The molecule has 1 aromatic carbocycles. The zero-order valence-corrected chi connectivity index (χ0v) is 18.5. The van der Waals surface area contributed by atoms with E-state index in [0.29, 0.717) is 26.1 Å². The normalized spacial score (nSPS) is 24.3. The second-order valence-corrected chi connectivity index (χ2v) is 8.80. The van der Waals surface area contributed by atoms with Crippen LogP contribution in [-0.2, 0) is 9.53 Å². The van der Waals surface area contributed by atoms with Crippen LogP contribution in [-0.4, -0.2) is 87.2 Å². The summed E-state index contributed by atoms with van der Waals surface area (Å²) < 4.78 is 18.8. The lowest BCUT2D eigenvalue weighted by Gasteiger charge is -2.36. The predicted octanol–water partition coefficient (Wildman–Crippen LogP) is 1.94. The molecule has 8 heteroatoms. The van der Waals surface area contributed by atoms with Crippen LogP contribution in [0.1, 0.15) is 26.2 Å². The summed E-state index contributed by atoms with van der Waals surface area (Å²) in [6, 6.07) is 6.55. The van der Waals surface area contributed by atoms with E-state index >= 15 is 0 Å². The van der Waals surface area contributed by atoms with E-state index in [1.165, 1.54) is 12.1 Å². The highest BCUT2D eigenvalue weighted by molar-refractivity contribution is 5.81. The number of anilines is 1. The first kappa shape index (κ1) is 21.9. The molecule has 1 spiro atoms. The number of hydrogen-bond donors (Lipinski definition) is 1. The van der Waals surface area contributed by atoms with Crippen LogP contribution in [0.25, 0.3) is 0 Å². The summed E-state index contributed by atoms with van der Waals surface area (Å²) in [6.45, 7) is 10.00. The van der Waals surface area contributed by atoms with Crippen molar-refractivity contribution in [3.05, 3.63) is 30.1 Å². The lowest BCUT2D eigenvalue weighted by atomic mass is 9.87. The third-order valence-corrected chi connectivity index (χ3v) is 6.67. The summed E-state index contributed by atoms with van der Waals surface area (Å²) in [7, 11) is 0. The summed E-state index contributed by atoms with van der Waals surface area (Å²) >= 11 is 0. The number of piperazine rings is 1. The number of rotatable bonds is 5.